The predicted molar refractivity (Wildman–Crippen MR) is 77.2 cm³/mol. The molecule has 2 unspecified atom stereocenters. The van der Waals surface area contributed by atoms with Crippen LogP contribution < -0.4 is 10.6 Å². The maximum Gasteiger partial charge on any atom is 0.314 e. The van der Waals surface area contributed by atoms with E-state index < -0.39 is 11.8 Å². The molecule has 1 aromatic heterocycles. The molecule has 0 saturated heterocycles. The first-order valence-electron chi connectivity index (χ1n) is 7.11. The van der Waals surface area contributed by atoms with Crippen molar-refractivity contribution in [3.63, 3.8) is 0 Å². The van der Waals surface area contributed by atoms with Gasteiger partial charge in [-0.1, -0.05) is 25.8 Å². The second-order valence-electron chi connectivity index (χ2n) is 5.52. The van der Waals surface area contributed by atoms with Gasteiger partial charge in [0.25, 0.3) is 0 Å². The molecule has 2 amide bonds. The van der Waals surface area contributed by atoms with Crippen molar-refractivity contribution in [2.75, 3.05) is 5.32 Å². The van der Waals surface area contributed by atoms with Crippen LogP contribution in [0.2, 0.25) is 0 Å². The summed E-state index contributed by atoms with van der Waals surface area (Å²) in [7, 11) is 0. The Bertz CT molecular complexity index is 484. The fourth-order valence-corrected chi connectivity index (χ4v) is 2.48. The highest BCUT2D eigenvalue weighted by molar-refractivity contribution is 6.39. The molecule has 0 bridgehead atoms. The highest BCUT2D eigenvalue weighted by atomic mass is 16.2. The molecule has 0 radical (unpaired) electrons. The third kappa shape index (κ3) is 3.79. The molecule has 2 atom stereocenters. The van der Waals surface area contributed by atoms with Crippen LogP contribution in [0.1, 0.15) is 38.2 Å². The quantitative estimate of drug-likeness (QED) is 0.811. The SMILES string of the molecule is Cc1ccc(NC(=O)C(=O)NC2CCCCC2C)nc1. The first-order valence-corrected chi connectivity index (χ1v) is 7.11. The Morgan fingerprint density at radius 3 is 2.60 bits per heavy atom. The topological polar surface area (TPSA) is 71.1 Å². The Labute approximate surface area is 119 Å². The number of aromatic nitrogens is 1. The van der Waals surface area contributed by atoms with Crippen LogP contribution in [0.5, 0.6) is 0 Å². The molecule has 1 aliphatic rings. The standard InChI is InChI=1S/C15H21N3O2/c1-10-7-8-13(16-9-10)18-15(20)14(19)17-12-6-4-3-5-11(12)2/h7-9,11-12H,3-6H2,1-2H3,(H,17,19)(H,16,18,20). The molecule has 1 aliphatic carbocycles. The Balaban J connectivity index is 1.88. The van der Waals surface area contributed by atoms with Gasteiger partial charge >= 0.3 is 11.8 Å². The largest absolute Gasteiger partial charge is 0.345 e. The number of aryl methyl sites for hydroxylation is 1. The second kappa shape index (κ2) is 6.50. The fourth-order valence-electron chi connectivity index (χ4n) is 2.48. The molecular formula is C15H21N3O2. The summed E-state index contributed by atoms with van der Waals surface area (Å²) in [6.45, 7) is 4.03. The normalized spacial score (nSPS) is 22.1. The number of hydrogen-bond acceptors (Lipinski definition) is 3. The lowest BCUT2D eigenvalue weighted by Gasteiger charge is -2.29. The van der Waals surface area contributed by atoms with Crippen LogP contribution in [0.3, 0.4) is 0 Å². The van der Waals surface area contributed by atoms with Gasteiger partial charge in [0, 0.05) is 12.2 Å². The van der Waals surface area contributed by atoms with Gasteiger partial charge < -0.3 is 10.6 Å². The molecule has 2 N–H and O–H groups in total. The molecule has 1 fully saturated rings. The third-order valence-corrected chi connectivity index (χ3v) is 3.79. The van der Waals surface area contributed by atoms with Crippen molar-refractivity contribution in [2.45, 2.75) is 45.6 Å². The summed E-state index contributed by atoms with van der Waals surface area (Å²) in [5.41, 5.74) is 1.00. The van der Waals surface area contributed by atoms with E-state index >= 15 is 0 Å². The molecule has 108 valence electrons. The van der Waals surface area contributed by atoms with E-state index in [0.717, 1.165) is 24.8 Å². The van der Waals surface area contributed by atoms with E-state index in [-0.39, 0.29) is 6.04 Å². The van der Waals surface area contributed by atoms with Crippen LogP contribution in [0.25, 0.3) is 0 Å². The Kier molecular flexibility index (Phi) is 4.71. The zero-order chi connectivity index (χ0) is 14.5. The Hall–Kier alpha value is -1.91. The fraction of sp³-hybridized carbons (Fsp3) is 0.533. The molecule has 20 heavy (non-hydrogen) atoms. The van der Waals surface area contributed by atoms with Gasteiger partial charge in [-0.3, -0.25) is 9.59 Å². The van der Waals surface area contributed by atoms with Crippen molar-refractivity contribution < 1.29 is 9.59 Å². The predicted octanol–water partition coefficient (Wildman–Crippen LogP) is 2.02. The average Bonchev–Trinajstić information content (AvgIpc) is 2.44. The number of nitrogens with one attached hydrogen (secondary N) is 2. The molecule has 2 rings (SSSR count). The first-order chi connectivity index (χ1) is 9.56. The summed E-state index contributed by atoms with van der Waals surface area (Å²) in [6, 6.07) is 3.63. The average molecular weight is 275 g/mol. The van der Waals surface area contributed by atoms with Crippen molar-refractivity contribution in [3.8, 4) is 0 Å². The third-order valence-electron chi connectivity index (χ3n) is 3.79. The van der Waals surface area contributed by atoms with E-state index in [4.69, 9.17) is 0 Å². The van der Waals surface area contributed by atoms with Gasteiger partial charge in [-0.2, -0.15) is 0 Å². The first kappa shape index (κ1) is 14.5. The number of nitrogens with zero attached hydrogens (tertiary/aromatic N) is 1. The number of carbonyl (C=O) groups excluding carboxylic acids is 2. The summed E-state index contributed by atoms with van der Waals surface area (Å²) >= 11 is 0. The maximum atomic E-state index is 11.9. The summed E-state index contributed by atoms with van der Waals surface area (Å²) < 4.78 is 0. The molecule has 1 saturated carbocycles. The molecule has 0 aromatic carbocycles. The summed E-state index contributed by atoms with van der Waals surface area (Å²) in [6.07, 6.45) is 6.01. The Morgan fingerprint density at radius 1 is 1.20 bits per heavy atom. The molecular weight excluding hydrogens is 254 g/mol. The maximum absolute atomic E-state index is 11.9. The number of carbonyl (C=O) groups is 2. The molecule has 1 heterocycles. The second-order valence-corrected chi connectivity index (χ2v) is 5.52. The highest BCUT2D eigenvalue weighted by Gasteiger charge is 2.25. The van der Waals surface area contributed by atoms with Crippen molar-refractivity contribution >= 4 is 17.6 Å². The van der Waals surface area contributed by atoms with E-state index in [1.165, 1.54) is 6.42 Å². The zero-order valence-corrected chi connectivity index (χ0v) is 12.0. The molecule has 0 aliphatic heterocycles. The lowest BCUT2D eigenvalue weighted by Crippen LogP contribution is -2.45. The number of rotatable bonds is 2. The van der Waals surface area contributed by atoms with Gasteiger partial charge in [0.05, 0.1) is 0 Å². The lowest BCUT2D eigenvalue weighted by atomic mass is 9.86. The van der Waals surface area contributed by atoms with E-state index in [0.29, 0.717) is 11.7 Å². The lowest BCUT2D eigenvalue weighted by molar-refractivity contribution is -0.137. The molecule has 5 nitrogen and oxygen atoms in total. The summed E-state index contributed by atoms with van der Waals surface area (Å²) in [4.78, 5) is 27.7. The van der Waals surface area contributed by atoms with Gasteiger partial charge in [0.2, 0.25) is 0 Å². The van der Waals surface area contributed by atoms with Gasteiger partial charge in [0.1, 0.15) is 5.82 Å². The smallest absolute Gasteiger partial charge is 0.314 e. The van der Waals surface area contributed by atoms with Gasteiger partial charge in [-0.25, -0.2) is 4.98 Å². The van der Waals surface area contributed by atoms with E-state index in [1.54, 1.807) is 12.3 Å². The van der Waals surface area contributed by atoms with E-state index in [9.17, 15) is 9.59 Å². The highest BCUT2D eigenvalue weighted by Crippen LogP contribution is 2.23. The van der Waals surface area contributed by atoms with Crippen LogP contribution in [-0.4, -0.2) is 22.8 Å². The summed E-state index contributed by atoms with van der Waals surface area (Å²) in [5.74, 6) is -0.407. The van der Waals surface area contributed by atoms with Gasteiger partial charge in [0.15, 0.2) is 0 Å². The van der Waals surface area contributed by atoms with Crippen molar-refractivity contribution in [1.29, 1.82) is 0 Å². The monoisotopic (exact) mass is 275 g/mol. The van der Waals surface area contributed by atoms with Crippen LogP contribution in [0.4, 0.5) is 5.82 Å². The summed E-state index contributed by atoms with van der Waals surface area (Å²) in [5, 5.41) is 5.33. The number of pyridine rings is 1. The molecule has 1 aromatic rings. The van der Waals surface area contributed by atoms with Crippen LogP contribution in [0, 0.1) is 12.8 Å². The van der Waals surface area contributed by atoms with Crippen molar-refractivity contribution in [1.82, 2.24) is 10.3 Å². The minimum absolute atomic E-state index is 0.105. The number of hydrogen-bond donors (Lipinski definition) is 2. The minimum Gasteiger partial charge on any atom is -0.345 e. The molecule has 0 spiro atoms. The van der Waals surface area contributed by atoms with E-state index in [2.05, 4.69) is 22.5 Å². The molecule has 5 heteroatoms. The van der Waals surface area contributed by atoms with Crippen LogP contribution >= 0.6 is 0 Å². The Morgan fingerprint density at radius 2 is 1.95 bits per heavy atom. The van der Waals surface area contributed by atoms with Crippen molar-refractivity contribution in [3.05, 3.63) is 23.9 Å². The van der Waals surface area contributed by atoms with Gasteiger partial charge in [-0.15, -0.1) is 0 Å². The van der Waals surface area contributed by atoms with Crippen LogP contribution in [0.15, 0.2) is 18.3 Å². The zero-order valence-electron chi connectivity index (χ0n) is 12.0. The van der Waals surface area contributed by atoms with Crippen LogP contribution in [-0.2, 0) is 9.59 Å². The van der Waals surface area contributed by atoms with E-state index in [1.807, 2.05) is 13.0 Å². The minimum atomic E-state index is -0.654. The number of anilines is 1. The number of amides is 2. The van der Waals surface area contributed by atoms with Gasteiger partial charge in [-0.05, 0) is 37.3 Å². The van der Waals surface area contributed by atoms with Crippen molar-refractivity contribution in [2.24, 2.45) is 5.92 Å².